The Morgan fingerprint density at radius 1 is 0.857 bits per heavy atom. The molecule has 0 saturated heterocycles. The molecule has 158 valence electrons. The summed E-state index contributed by atoms with van der Waals surface area (Å²) in [5.74, 6) is 0.503. The largest absolute Gasteiger partial charge is 0.353 e. The Morgan fingerprint density at radius 2 is 1.50 bits per heavy atom. The first-order chi connectivity index (χ1) is 13.5. The predicted molar refractivity (Wildman–Crippen MR) is 113 cm³/mol. The lowest BCUT2D eigenvalue weighted by Gasteiger charge is -2.34. The zero-order chi connectivity index (χ0) is 19.9. The molecule has 0 radical (unpaired) electrons. The van der Waals surface area contributed by atoms with E-state index in [-0.39, 0.29) is 29.8 Å². The third-order valence-electron chi connectivity index (χ3n) is 7.00. The van der Waals surface area contributed by atoms with Gasteiger partial charge in [-0.3, -0.25) is 9.59 Å². The van der Waals surface area contributed by atoms with Crippen molar-refractivity contribution < 1.29 is 9.59 Å². The van der Waals surface area contributed by atoms with E-state index < -0.39 is 0 Å². The average molecular weight is 390 g/mol. The first kappa shape index (κ1) is 21.4. The van der Waals surface area contributed by atoms with Gasteiger partial charge in [0.15, 0.2) is 0 Å². The Bertz CT molecular complexity index is 556. The summed E-state index contributed by atoms with van der Waals surface area (Å²) >= 11 is 0. The number of nitrogens with zero attached hydrogens (tertiary/aromatic N) is 1. The normalized spacial score (nSPS) is 31.3. The summed E-state index contributed by atoms with van der Waals surface area (Å²) in [5, 5.41) is 6.49. The van der Waals surface area contributed by atoms with Crippen molar-refractivity contribution in [3.8, 4) is 0 Å². The number of hydrogen-bond acceptors (Lipinski definition) is 3. The van der Waals surface area contributed by atoms with Gasteiger partial charge < -0.3 is 15.5 Å². The maximum Gasteiger partial charge on any atom is 0.244 e. The van der Waals surface area contributed by atoms with E-state index in [0.29, 0.717) is 6.04 Å². The van der Waals surface area contributed by atoms with Crippen LogP contribution in [0.4, 0.5) is 0 Å². The van der Waals surface area contributed by atoms with E-state index in [1.54, 1.807) is 0 Å². The number of amides is 2. The minimum absolute atomic E-state index is 0.0846. The highest BCUT2D eigenvalue weighted by Gasteiger charge is 2.30. The van der Waals surface area contributed by atoms with Crippen molar-refractivity contribution in [3.05, 3.63) is 11.6 Å². The van der Waals surface area contributed by atoms with Crippen molar-refractivity contribution in [2.24, 2.45) is 5.92 Å². The summed E-state index contributed by atoms with van der Waals surface area (Å²) in [6, 6.07) is 1.07. The van der Waals surface area contributed by atoms with Crippen LogP contribution >= 0.6 is 0 Å². The van der Waals surface area contributed by atoms with E-state index in [1.165, 1.54) is 31.3 Å². The fraction of sp³-hybridized carbons (Fsp3) is 0.826. The Kier molecular flexibility index (Phi) is 7.95. The van der Waals surface area contributed by atoms with Gasteiger partial charge in [-0.25, -0.2) is 0 Å². The smallest absolute Gasteiger partial charge is 0.244 e. The fourth-order valence-corrected chi connectivity index (χ4v) is 5.15. The second-order valence-electron chi connectivity index (χ2n) is 9.41. The van der Waals surface area contributed by atoms with Crippen LogP contribution < -0.4 is 10.6 Å². The Labute approximate surface area is 170 Å². The average Bonchev–Trinajstić information content (AvgIpc) is 2.70. The predicted octanol–water partition coefficient (Wildman–Crippen LogP) is 3.54. The minimum Gasteiger partial charge on any atom is -0.353 e. The molecular formula is C23H39N3O2. The van der Waals surface area contributed by atoms with E-state index >= 15 is 0 Å². The van der Waals surface area contributed by atoms with Crippen LogP contribution in [0.5, 0.6) is 0 Å². The Morgan fingerprint density at radius 3 is 2.14 bits per heavy atom. The second-order valence-corrected chi connectivity index (χ2v) is 9.41. The van der Waals surface area contributed by atoms with Crippen molar-refractivity contribution in [3.63, 3.8) is 0 Å². The second kappa shape index (κ2) is 10.4. The summed E-state index contributed by atoms with van der Waals surface area (Å²) in [6.07, 6.45) is 16.0. The lowest BCUT2D eigenvalue weighted by molar-refractivity contribution is -0.127. The monoisotopic (exact) mass is 389 g/mol. The zero-order valence-electron chi connectivity index (χ0n) is 17.8. The molecule has 5 nitrogen and oxygen atoms in total. The number of allylic oxidation sites excluding steroid dienone is 1. The van der Waals surface area contributed by atoms with Gasteiger partial charge in [0.1, 0.15) is 0 Å². The highest BCUT2D eigenvalue weighted by Crippen LogP contribution is 2.28. The van der Waals surface area contributed by atoms with Gasteiger partial charge in [0, 0.05) is 30.1 Å². The lowest BCUT2D eigenvalue weighted by atomic mass is 9.84. The zero-order valence-corrected chi connectivity index (χ0v) is 17.8. The number of carbonyl (C=O) groups excluding carboxylic acids is 2. The first-order valence-electron chi connectivity index (χ1n) is 11.5. The quantitative estimate of drug-likeness (QED) is 0.707. The maximum atomic E-state index is 12.7. The number of nitrogens with one attached hydrogen (secondary N) is 2. The molecular weight excluding hydrogens is 350 g/mol. The van der Waals surface area contributed by atoms with Gasteiger partial charge >= 0.3 is 0 Å². The number of carbonyl (C=O) groups is 2. The molecule has 0 heterocycles. The molecule has 2 unspecified atom stereocenters. The lowest BCUT2D eigenvalue weighted by Crippen LogP contribution is -2.46. The van der Waals surface area contributed by atoms with E-state index in [0.717, 1.165) is 57.8 Å². The van der Waals surface area contributed by atoms with Crippen molar-refractivity contribution in [2.75, 3.05) is 14.1 Å². The van der Waals surface area contributed by atoms with E-state index in [9.17, 15) is 9.59 Å². The Balaban J connectivity index is 1.38. The van der Waals surface area contributed by atoms with Crippen molar-refractivity contribution in [1.82, 2.24) is 15.5 Å². The molecule has 2 amide bonds. The van der Waals surface area contributed by atoms with Gasteiger partial charge in [-0.1, -0.05) is 18.4 Å². The molecule has 0 aromatic carbocycles. The van der Waals surface area contributed by atoms with Gasteiger partial charge in [0.25, 0.3) is 0 Å². The van der Waals surface area contributed by atoms with Crippen LogP contribution in [0.15, 0.2) is 11.6 Å². The molecule has 0 aromatic rings. The van der Waals surface area contributed by atoms with Gasteiger partial charge in [0.05, 0.1) is 0 Å². The van der Waals surface area contributed by atoms with Crippen molar-refractivity contribution in [2.45, 2.75) is 102 Å². The van der Waals surface area contributed by atoms with Crippen molar-refractivity contribution in [1.29, 1.82) is 0 Å². The SMILES string of the molecule is CN(C)C1CCCC(C(=O)NC2CCC(NC(=O)C=C3CCCCC3)CC2)C1. The molecule has 0 aliphatic heterocycles. The fourth-order valence-electron chi connectivity index (χ4n) is 5.15. The topological polar surface area (TPSA) is 61.4 Å². The summed E-state index contributed by atoms with van der Waals surface area (Å²) in [5.41, 5.74) is 1.31. The summed E-state index contributed by atoms with van der Waals surface area (Å²) < 4.78 is 0. The molecule has 3 aliphatic rings. The molecule has 0 aromatic heterocycles. The Hall–Kier alpha value is -1.36. The first-order valence-corrected chi connectivity index (χ1v) is 11.5. The number of rotatable bonds is 5. The van der Waals surface area contributed by atoms with E-state index in [4.69, 9.17) is 0 Å². The van der Waals surface area contributed by atoms with E-state index in [1.807, 2.05) is 6.08 Å². The third kappa shape index (κ3) is 6.33. The van der Waals surface area contributed by atoms with Crippen LogP contribution in [0.2, 0.25) is 0 Å². The van der Waals surface area contributed by atoms with Gasteiger partial charge in [0.2, 0.25) is 11.8 Å². The summed E-state index contributed by atoms with van der Waals surface area (Å²) in [6.45, 7) is 0. The molecule has 3 saturated carbocycles. The highest BCUT2D eigenvalue weighted by molar-refractivity contribution is 5.88. The summed E-state index contributed by atoms with van der Waals surface area (Å²) in [4.78, 5) is 27.2. The molecule has 3 rings (SSSR count). The van der Waals surface area contributed by atoms with Crippen LogP contribution in [-0.4, -0.2) is 48.9 Å². The molecule has 2 N–H and O–H groups in total. The number of hydrogen-bond donors (Lipinski definition) is 2. The van der Waals surface area contributed by atoms with Crippen LogP contribution in [0.3, 0.4) is 0 Å². The van der Waals surface area contributed by atoms with Gasteiger partial charge in [-0.05, 0) is 84.7 Å². The van der Waals surface area contributed by atoms with Gasteiger partial charge in [-0.15, -0.1) is 0 Å². The summed E-state index contributed by atoms with van der Waals surface area (Å²) in [7, 11) is 4.23. The van der Waals surface area contributed by atoms with E-state index in [2.05, 4.69) is 29.6 Å². The molecule has 3 aliphatic carbocycles. The molecule has 0 spiro atoms. The highest BCUT2D eigenvalue weighted by atomic mass is 16.2. The van der Waals surface area contributed by atoms with Crippen LogP contribution in [0.1, 0.15) is 83.5 Å². The molecule has 28 heavy (non-hydrogen) atoms. The van der Waals surface area contributed by atoms with Gasteiger partial charge in [-0.2, -0.15) is 0 Å². The molecule has 2 atom stereocenters. The van der Waals surface area contributed by atoms with Crippen molar-refractivity contribution >= 4 is 11.8 Å². The standard InChI is InChI=1S/C23H39N3O2/c1-26(2)21-10-6-9-18(16-21)23(28)25-20-13-11-19(12-14-20)24-22(27)15-17-7-4-3-5-8-17/h15,18-21H,3-14,16H2,1-2H3,(H,24,27)(H,25,28). The molecule has 3 fully saturated rings. The van der Waals surface area contributed by atoms with Crippen LogP contribution in [0, 0.1) is 5.92 Å². The molecule has 0 bridgehead atoms. The molecule has 5 heteroatoms. The minimum atomic E-state index is 0.0846. The maximum absolute atomic E-state index is 12.7. The van der Waals surface area contributed by atoms with Crippen LogP contribution in [-0.2, 0) is 9.59 Å². The third-order valence-corrected chi connectivity index (χ3v) is 7.00. The van der Waals surface area contributed by atoms with Crippen LogP contribution in [0.25, 0.3) is 0 Å².